The first kappa shape index (κ1) is 8.22. The highest BCUT2D eigenvalue weighted by Crippen LogP contribution is 2.22. The van der Waals surface area contributed by atoms with Crippen molar-refractivity contribution in [1.29, 1.82) is 0 Å². The van der Waals surface area contributed by atoms with E-state index in [-0.39, 0.29) is 0 Å². The van der Waals surface area contributed by atoms with Crippen molar-refractivity contribution in [2.24, 2.45) is 10.8 Å². The Morgan fingerprint density at radius 1 is 1.46 bits per heavy atom. The van der Waals surface area contributed by atoms with Gasteiger partial charge in [0.25, 0.3) is 0 Å². The molecule has 68 valence electrons. The molecule has 0 fully saturated rings. The zero-order chi connectivity index (χ0) is 9.26. The van der Waals surface area contributed by atoms with Gasteiger partial charge < -0.3 is 10.5 Å². The fourth-order valence-electron chi connectivity index (χ4n) is 1.49. The molecule has 13 heavy (non-hydrogen) atoms. The van der Waals surface area contributed by atoms with Crippen LogP contribution in [0.2, 0.25) is 0 Å². The van der Waals surface area contributed by atoms with Crippen molar-refractivity contribution in [1.82, 2.24) is 5.43 Å². The SMILES string of the molecule is NNC1=NCC(O)c2ccccc21. The number of hydrazine groups is 1. The molecule has 1 heterocycles. The van der Waals surface area contributed by atoms with Crippen LogP contribution in [0.3, 0.4) is 0 Å². The number of aliphatic hydroxyl groups excluding tert-OH is 1. The lowest BCUT2D eigenvalue weighted by atomic mass is 9.99. The van der Waals surface area contributed by atoms with Crippen LogP contribution in [0, 0.1) is 0 Å². The fourth-order valence-corrected chi connectivity index (χ4v) is 1.49. The molecule has 0 spiro atoms. The van der Waals surface area contributed by atoms with Gasteiger partial charge in [0.2, 0.25) is 0 Å². The number of nitrogens with one attached hydrogen (secondary N) is 1. The summed E-state index contributed by atoms with van der Waals surface area (Å²) in [6, 6.07) is 7.55. The molecule has 0 saturated carbocycles. The standard InChI is InChI=1S/C9H11N3O/c10-12-9-7-4-2-1-3-6(7)8(13)5-11-9/h1-4,8,13H,5,10H2,(H,11,12). The Kier molecular flexibility index (Phi) is 2.00. The van der Waals surface area contributed by atoms with E-state index in [1.54, 1.807) is 0 Å². The van der Waals surface area contributed by atoms with Crippen LogP contribution in [0.5, 0.6) is 0 Å². The summed E-state index contributed by atoms with van der Waals surface area (Å²) < 4.78 is 0. The molecule has 0 bridgehead atoms. The highest BCUT2D eigenvalue weighted by atomic mass is 16.3. The van der Waals surface area contributed by atoms with E-state index in [0.717, 1.165) is 11.1 Å². The maximum absolute atomic E-state index is 9.60. The maximum Gasteiger partial charge on any atom is 0.142 e. The van der Waals surface area contributed by atoms with Gasteiger partial charge in [-0.05, 0) is 5.56 Å². The van der Waals surface area contributed by atoms with E-state index >= 15 is 0 Å². The molecule has 0 amide bonds. The van der Waals surface area contributed by atoms with Crippen LogP contribution in [0.1, 0.15) is 17.2 Å². The molecule has 1 atom stereocenters. The van der Waals surface area contributed by atoms with Gasteiger partial charge in [-0.3, -0.25) is 4.99 Å². The molecule has 2 rings (SSSR count). The third kappa shape index (κ3) is 1.30. The number of nitrogens with zero attached hydrogens (tertiary/aromatic N) is 1. The van der Waals surface area contributed by atoms with E-state index in [4.69, 9.17) is 5.84 Å². The normalized spacial score (nSPS) is 20.5. The average Bonchev–Trinajstić information content (AvgIpc) is 2.19. The van der Waals surface area contributed by atoms with Crippen LogP contribution in [0.15, 0.2) is 29.3 Å². The first-order chi connectivity index (χ1) is 6.33. The minimum atomic E-state index is -0.506. The van der Waals surface area contributed by atoms with Crippen LogP contribution in [0.4, 0.5) is 0 Å². The fraction of sp³-hybridized carbons (Fsp3) is 0.222. The van der Waals surface area contributed by atoms with Crippen molar-refractivity contribution in [2.45, 2.75) is 6.10 Å². The topological polar surface area (TPSA) is 70.6 Å². The monoisotopic (exact) mass is 177 g/mol. The molecule has 0 saturated heterocycles. The van der Waals surface area contributed by atoms with Gasteiger partial charge in [-0.1, -0.05) is 24.3 Å². The quantitative estimate of drug-likeness (QED) is 0.384. The molecule has 0 aliphatic carbocycles. The summed E-state index contributed by atoms with van der Waals surface area (Å²) in [5.41, 5.74) is 4.28. The highest BCUT2D eigenvalue weighted by molar-refractivity contribution is 6.00. The molecule has 4 nitrogen and oxygen atoms in total. The number of hydrogen-bond donors (Lipinski definition) is 3. The zero-order valence-corrected chi connectivity index (χ0v) is 7.07. The molecule has 0 aromatic heterocycles. The molecule has 4 N–H and O–H groups in total. The average molecular weight is 177 g/mol. The van der Waals surface area contributed by atoms with E-state index in [0.29, 0.717) is 12.4 Å². The number of aliphatic hydroxyl groups is 1. The summed E-state index contributed by atoms with van der Waals surface area (Å²) in [4.78, 5) is 4.10. The summed E-state index contributed by atoms with van der Waals surface area (Å²) in [5.74, 6) is 5.94. The van der Waals surface area contributed by atoms with E-state index in [2.05, 4.69) is 10.4 Å². The minimum Gasteiger partial charge on any atom is -0.386 e. The number of fused-ring (bicyclic) bond motifs is 1. The number of aliphatic imine (C=N–C) groups is 1. The molecule has 4 heteroatoms. The lowest BCUT2D eigenvalue weighted by Crippen LogP contribution is -2.34. The second kappa shape index (κ2) is 3.16. The Labute approximate surface area is 76.1 Å². The first-order valence-electron chi connectivity index (χ1n) is 4.11. The lowest BCUT2D eigenvalue weighted by Gasteiger charge is -2.20. The number of rotatable bonds is 0. The van der Waals surface area contributed by atoms with Crippen molar-refractivity contribution >= 4 is 5.84 Å². The van der Waals surface area contributed by atoms with Crippen molar-refractivity contribution < 1.29 is 5.11 Å². The Morgan fingerprint density at radius 3 is 3.00 bits per heavy atom. The van der Waals surface area contributed by atoms with Crippen LogP contribution in [-0.2, 0) is 0 Å². The Bertz CT molecular complexity index is 348. The summed E-state index contributed by atoms with van der Waals surface area (Å²) >= 11 is 0. The number of amidine groups is 1. The van der Waals surface area contributed by atoms with E-state index in [1.165, 1.54) is 0 Å². The molecule has 0 radical (unpaired) electrons. The van der Waals surface area contributed by atoms with E-state index in [1.807, 2.05) is 24.3 Å². The second-order valence-electron chi connectivity index (χ2n) is 2.94. The first-order valence-corrected chi connectivity index (χ1v) is 4.11. The van der Waals surface area contributed by atoms with Crippen LogP contribution in [-0.4, -0.2) is 17.5 Å². The van der Waals surface area contributed by atoms with Gasteiger partial charge in [-0.25, -0.2) is 5.84 Å². The number of hydrogen-bond acceptors (Lipinski definition) is 4. The van der Waals surface area contributed by atoms with Gasteiger partial charge in [0.05, 0.1) is 12.6 Å². The molecular weight excluding hydrogens is 166 g/mol. The van der Waals surface area contributed by atoms with Gasteiger partial charge in [0.1, 0.15) is 5.84 Å². The minimum absolute atomic E-state index is 0.372. The molecular formula is C9H11N3O. The van der Waals surface area contributed by atoms with Crippen molar-refractivity contribution in [3.8, 4) is 0 Å². The van der Waals surface area contributed by atoms with Gasteiger partial charge in [-0.2, -0.15) is 0 Å². The van der Waals surface area contributed by atoms with Gasteiger partial charge in [-0.15, -0.1) is 0 Å². The third-order valence-electron chi connectivity index (χ3n) is 2.13. The van der Waals surface area contributed by atoms with Crippen molar-refractivity contribution in [2.75, 3.05) is 6.54 Å². The number of benzene rings is 1. The van der Waals surface area contributed by atoms with Crippen LogP contribution < -0.4 is 11.3 Å². The van der Waals surface area contributed by atoms with Gasteiger partial charge in [0, 0.05) is 5.56 Å². The highest BCUT2D eigenvalue weighted by Gasteiger charge is 2.19. The predicted octanol–water partition coefficient (Wildman–Crippen LogP) is -0.0565. The second-order valence-corrected chi connectivity index (χ2v) is 2.94. The summed E-state index contributed by atoms with van der Waals surface area (Å²) in [5, 5.41) is 9.60. The summed E-state index contributed by atoms with van der Waals surface area (Å²) in [6.45, 7) is 0.372. The maximum atomic E-state index is 9.60. The molecule has 1 aromatic rings. The van der Waals surface area contributed by atoms with Gasteiger partial charge >= 0.3 is 0 Å². The van der Waals surface area contributed by atoms with E-state index < -0.39 is 6.10 Å². The van der Waals surface area contributed by atoms with Gasteiger partial charge in [0.15, 0.2) is 0 Å². The van der Waals surface area contributed by atoms with E-state index in [9.17, 15) is 5.11 Å². The zero-order valence-electron chi connectivity index (χ0n) is 7.07. The lowest BCUT2D eigenvalue weighted by molar-refractivity contribution is 0.185. The van der Waals surface area contributed by atoms with Crippen LogP contribution >= 0.6 is 0 Å². The molecule has 1 aliphatic rings. The van der Waals surface area contributed by atoms with Crippen LogP contribution in [0.25, 0.3) is 0 Å². The van der Waals surface area contributed by atoms with Crippen molar-refractivity contribution in [3.63, 3.8) is 0 Å². The Morgan fingerprint density at radius 2 is 2.23 bits per heavy atom. The van der Waals surface area contributed by atoms with Crippen molar-refractivity contribution in [3.05, 3.63) is 35.4 Å². The summed E-state index contributed by atoms with van der Waals surface area (Å²) in [7, 11) is 0. The Hall–Kier alpha value is -1.39. The number of nitrogens with two attached hydrogens (primary N) is 1. The largest absolute Gasteiger partial charge is 0.386 e. The third-order valence-corrected chi connectivity index (χ3v) is 2.13. The smallest absolute Gasteiger partial charge is 0.142 e. The molecule has 1 unspecified atom stereocenters. The predicted molar refractivity (Wildman–Crippen MR) is 50.1 cm³/mol. The Balaban J connectivity index is 2.52. The molecule has 1 aromatic carbocycles. The molecule has 1 aliphatic heterocycles. The summed E-state index contributed by atoms with van der Waals surface area (Å²) in [6.07, 6.45) is -0.506.